The first kappa shape index (κ1) is 18.7. The Kier molecular flexibility index (Phi) is 5.80. The summed E-state index contributed by atoms with van der Waals surface area (Å²) in [4.78, 5) is 29.4. The molecule has 1 aliphatic rings. The van der Waals surface area contributed by atoms with Gasteiger partial charge in [-0.25, -0.2) is 15.0 Å². The van der Waals surface area contributed by atoms with Crippen molar-refractivity contribution >= 4 is 23.4 Å². The largest absolute Gasteiger partial charge is 0.484 e. The molecule has 1 aromatic carbocycles. The SMILES string of the molecule is O=C(COc1ccccc1)Nc1ccc(N2CCN(c3ncccn3)CC2)cn1. The van der Waals surface area contributed by atoms with E-state index in [4.69, 9.17) is 4.74 Å². The van der Waals surface area contributed by atoms with Crippen LogP contribution in [0.3, 0.4) is 0 Å². The third kappa shape index (κ3) is 4.98. The minimum Gasteiger partial charge on any atom is -0.484 e. The van der Waals surface area contributed by atoms with Crippen molar-refractivity contribution in [1.29, 1.82) is 0 Å². The van der Waals surface area contributed by atoms with Crippen LogP contribution in [0.4, 0.5) is 17.5 Å². The summed E-state index contributed by atoms with van der Waals surface area (Å²) in [5.41, 5.74) is 1.03. The second kappa shape index (κ2) is 9.01. The number of nitrogens with one attached hydrogen (secondary N) is 1. The first-order chi connectivity index (χ1) is 14.3. The van der Waals surface area contributed by atoms with Crippen LogP contribution in [0, 0.1) is 0 Å². The maximum Gasteiger partial charge on any atom is 0.263 e. The highest BCUT2D eigenvalue weighted by atomic mass is 16.5. The van der Waals surface area contributed by atoms with Crippen molar-refractivity contribution in [3.63, 3.8) is 0 Å². The maximum atomic E-state index is 12.0. The molecular formula is C21H22N6O2. The third-order valence-corrected chi connectivity index (χ3v) is 4.61. The van der Waals surface area contributed by atoms with Crippen molar-refractivity contribution in [2.24, 2.45) is 0 Å². The number of anilines is 3. The Labute approximate surface area is 169 Å². The summed E-state index contributed by atoms with van der Waals surface area (Å²) in [6, 6.07) is 14.8. The fourth-order valence-electron chi connectivity index (χ4n) is 3.11. The molecule has 29 heavy (non-hydrogen) atoms. The van der Waals surface area contributed by atoms with Crippen LogP contribution < -0.4 is 19.9 Å². The molecule has 148 valence electrons. The molecule has 0 saturated carbocycles. The van der Waals surface area contributed by atoms with Gasteiger partial charge in [0.2, 0.25) is 5.95 Å². The molecule has 4 rings (SSSR count). The Morgan fingerprint density at radius 1 is 0.897 bits per heavy atom. The number of carbonyl (C=O) groups is 1. The van der Waals surface area contributed by atoms with E-state index in [1.54, 1.807) is 18.6 Å². The summed E-state index contributed by atoms with van der Waals surface area (Å²) in [5.74, 6) is 1.68. The van der Waals surface area contributed by atoms with Crippen LogP contribution in [0.5, 0.6) is 5.75 Å². The van der Waals surface area contributed by atoms with E-state index in [0.717, 1.165) is 37.8 Å². The van der Waals surface area contributed by atoms with Crippen LogP contribution in [0.2, 0.25) is 0 Å². The summed E-state index contributed by atoms with van der Waals surface area (Å²) in [6.45, 7) is 3.35. The summed E-state index contributed by atoms with van der Waals surface area (Å²) in [5, 5.41) is 2.75. The van der Waals surface area contributed by atoms with Crippen LogP contribution in [-0.4, -0.2) is 53.6 Å². The van der Waals surface area contributed by atoms with Gasteiger partial charge in [-0.2, -0.15) is 0 Å². The van der Waals surface area contributed by atoms with Gasteiger partial charge in [0.25, 0.3) is 5.91 Å². The van der Waals surface area contributed by atoms with Crippen LogP contribution in [0.1, 0.15) is 0 Å². The fourth-order valence-corrected chi connectivity index (χ4v) is 3.11. The van der Waals surface area contributed by atoms with E-state index in [0.29, 0.717) is 11.6 Å². The number of ether oxygens (including phenoxy) is 1. The van der Waals surface area contributed by atoms with Crippen molar-refractivity contribution < 1.29 is 9.53 Å². The first-order valence-corrected chi connectivity index (χ1v) is 9.48. The van der Waals surface area contributed by atoms with Crippen LogP contribution in [-0.2, 0) is 4.79 Å². The summed E-state index contributed by atoms with van der Waals surface area (Å²) >= 11 is 0. The zero-order valence-corrected chi connectivity index (χ0v) is 15.9. The van der Waals surface area contributed by atoms with Gasteiger partial charge in [0.05, 0.1) is 11.9 Å². The molecule has 0 spiro atoms. The lowest BCUT2D eigenvalue weighted by Gasteiger charge is -2.35. The molecule has 0 bridgehead atoms. The van der Waals surface area contributed by atoms with E-state index in [9.17, 15) is 4.79 Å². The van der Waals surface area contributed by atoms with Crippen molar-refractivity contribution in [3.8, 4) is 5.75 Å². The third-order valence-electron chi connectivity index (χ3n) is 4.61. The van der Waals surface area contributed by atoms with Gasteiger partial charge in [0, 0.05) is 38.6 Å². The van der Waals surface area contributed by atoms with Gasteiger partial charge in [-0.05, 0) is 30.3 Å². The van der Waals surface area contributed by atoms with Crippen LogP contribution in [0.15, 0.2) is 67.1 Å². The second-order valence-electron chi connectivity index (χ2n) is 6.57. The molecule has 0 aliphatic carbocycles. The molecule has 3 heterocycles. The van der Waals surface area contributed by atoms with Crippen molar-refractivity contribution in [2.75, 3.05) is 47.9 Å². The first-order valence-electron chi connectivity index (χ1n) is 9.48. The van der Waals surface area contributed by atoms with E-state index < -0.39 is 0 Å². The van der Waals surface area contributed by atoms with Crippen molar-refractivity contribution in [3.05, 3.63) is 67.1 Å². The highest BCUT2D eigenvalue weighted by Gasteiger charge is 2.19. The zero-order chi connectivity index (χ0) is 19.9. The highest BCUT2D eigenvalue weighted by molar-refractivity contribution is 5.91. The Bertz CT molecular complexity index is 913. The van der Waals surface area contributed by atoms with Crippen molar-refractivity contribution in [2.45, 2.75) is 0 Å². The van der Waals surface area contributed by atoms with E-state index in [-0.39, 0.29) is 12.5 Å². The molecule has 8 heteroatoms. The summed E-state index contributed by atoms with van der Waals surface area (Å²) in [6.07, 6.45) is 5.30. The standard InChI is InChI=1S/C21H22N6O2/c28-20(16-29-18-5-2-1-3-6-18)25-19-8-7-17(15-24-19)26-11-13-27(14-12-26)21-22-9-4-10-23-21/h1-10,15H,11-14,16H2,(H,24,25,28). The number of nitrogens with zero attached hydrogens (tertiary/aromatic N) is 5. The van der Waals surface area contributed by atoms with E-state index in [2.05, 4.69) is 30.1 Å². The average Bonchev–Trinajstić information content (AvgIpc) is 2.80. The van der Waals surface area contributed by atoms with Gasteiger partial charge in [-0.15, -0.1) is 0 Å². The molecule has 3 aromatic rings. The lowest BCUT2D eigenvalue weighted by molar-refractivity contribution is -0.118. The molecule has 2 aromatic heterocycles. The number of benzene rings is 1. The van der Waals surface area contributed by atoms with Crippen LogP contribution in [0.25, 0.3) is 0 Å². The van der Waals surface area contributed by atoms with Crippen molar-refractivity contribution in [1.82, 2.24) is 15.0 Å². The van der Waals surface area contributed by atoms with E-state index >= 15 is 0 Å². The second-order valence-corrected chi connectivity index (χ2v) is 6.57. The normalized spacial score (nSPS) is 13.8. The Hall–Kier alpha value is -3.68. The van der Waals surface area contributed by atoms with E-state index in [1.807, 2.05) is 48.5 Å². The molecule has 0 unspecified atom stereocenters. The fraction of sp³-hybridized carbons (Fsp3) is 0.238. The number of para-hydroxylation sites is 1. The number of hydrogen-bond acceptors (Lipinski definition) is 7. The molecule has 0 radical (unpaired) electrons. The number of hydrogen-bond donors (Lipinski definition) is 1. The van der Waals surface area contributed by atoms with E-state index in [1.165, 1.54) is 0 Å². The maximum absolute atomic E-state index is 12.0. The number of amides is 1. The summed E-state index contributed by atoms with van der Waals surface area (Å²) < 4.78 is 5.44. The number of aromatic nitrogens is 3. The smallest absolute Gasteiger partial charge is 0.263 e. The molecule has 1 N–H and O–H groups in total. The Morgan fingerprint density at radius 3 is 2.31 bits per heavy atom. The molecule has 1 amide bonds. The highest BCUT2D eigenvalue weighted by Crippen LogP contribution is 2.19. The quantitative estimate of drug-likeness (QED) is 0.691. The Balaban J connectivity index is 1.26. The van der Waals surface area contributed by atoms with Gasteiger partial charge in [-0.3, -0.25) is 4.79 Å². The number of pyridine rings is 1. The predicted molar refractivity (Wildman–Crippen MR) is 111 cm³/mol. The van der Waals surface area contributed by atoms with Gasteiger partial charge in [0.1, 0.15) is 11.6 Å². The molecular weight excluding hydrogens is 368 g/mol. The molecule has 1 fully saturated rings. The van der Waals surface area contributed by atoms with Crippen LogP contribution >= 0.6 is 0 Å². The Morgan fingerprint density at radius 2 is 1.62 bits per heavy atom. The minimum atomic E-state index is -0.245. The topological polar surface area (TPSA) is 83.5 Å². The number of piperazine rings is 1. The molecule has 1 saturated heterocycles. The molecule has 0 atom stereocenters. The van der Waals surface area contributed by atoms with Gasteiger partial charge < -0.3 is 19.9 Å². The number of rotatable bonds is 6. The molecule has 1 aliphatic heterocycles. The zero-order valence-electron chi connectivity index (χ0n) is 15.9. The number of carbonyl (C=O) groups excluding carboxylic acids is 1. The van der Waals surface area contributed by atoms with Gasteiger partial charge in [0.15, 0.2) is 6.61 Å². The molecule has 8 nitrogen and oxygen atoms in total. The average molecular weight is 390 g/mol. The lowest BCUT2D eigenvalue weighted by Crippen LogP contribution is -2.47. The predicted octanol–water partition coefficient (Wildman–Crippen LogP) is 2.22. The minimum absolute atomic E-state index is 0.0586. The monoisotopic (exact) mass is 390 g/mol. The lowest BCUT2D eigenvalue weighted by atomic mass is 10.3. The van der Waals surface area contributed by atoms with Gasteiger partial charge in [-0.1, -0.05) is 18.2 Å². The van der Waals surface area contributed by atoms with Gasteiger partial charge >= 0.3 is 0 Å². The summed E-state index contributed by atoms with van der Waals surface area (Å²) in [7, 11) is 0.